The van der Waals surface area contributed by atoms with Crippen molar-refractivity contribution in [2.75, 3.05) is 20.3 Å². The van der Waals surface area contributed by atoms with E-state index in [0.717, 1.165) is 6.42 Å². The molecule has 0 radical (unpaired) electrons. The molecule has 0 saturated heterocycles. The lowest BCUT2D eigenvalue weighted by Gasteiger charge is -2.23. The number of nitrogens with two attached hydrogens (primary N) is 1. The van der Waals surface area contributed by atoms with Crippen LogP contribution in [-0.4, -0.2) is 25.9 Å². The molecule has 1 aromatic rings. The molecule has 3 heteroatoms. The van der Waals surface area contributed by atoms with Crippen LogP contribution in [0.2, 0.25) is 0 Å². The summed E-state index contributed by atoms with van der Waals surface area (Å²) in [5.74, 6) is 0. The van der Waals surface area contributed by atoms with E-state index in [4.69, 9.17) is 15.2 Å². The van der Waals surface area contributed by atoms with Gasteiger partial charge in [0.25, 0.3) is 0 Å². The first kappa shape index (κ1) is 16.2. The Morgan fingerprint density at radius 3 is 2.58 bits per heavy atom. The van der Waals surface area contributed by atoms with Gasteiger partial charge < -0.3 is 15.2 Å². The molecule has 0 saturated carbocycles. The molecule has 0 aliphatic heterocycles. The van der Waals surface area contributed by atoms with E-state index < -0.39 is 0 Å². The Bertz CT molecular complexity index is 402. The lowest BCUT2D eigenvalue weighted by Crippen LogP contribution is -2.26. The molecule has 108 valence electrons. The first-order chi connectivity index (χ1) is 8.85. The van der Waals surface area contributed by atoms with E-state index in [0.29, 0.717) is 13.2 Å². The monoisotopic (exact) mass is 265 g/mol. The molecule has 1 atom stereocenters. The molecule has 1 rings (SSSR count). The molecule has 0 bridgehead atoms. The van der Waals surface area contributed by atoms with Crippen molar-refractivity contribution in [2.45, 2.75) is 45.8 Å². The summed E-state index contributed by atoms with van der Waals surface area (Å²) in [4.78, 5) is 0. The predicted molar refractivity (Wildman–Crippen MR) is 79.4 cm³/mol. The van der Waals surface area contributed by atoms with Crippen LogP contribution in [-0.2, 0) is 9.47 Å². The van der Waals surface area contributed by atoms with E-state index in [2.05, 4.69) is 45.9 Å². The van der Waals surface area contributed by atoms with Crippen molar-refractivity contribution in [1.82, 2.24) is 0 Å². The minimum absolute atomic E-state index is 0.0643. The van der Waals surface area contributed by atoms with Gasteiger partial charge in [0, 0.05) is 13.7 Å². The van der Waals surface area contributed by atoms with E-state index in [1.807, 2.05) is 0 Å². The summed E-state index contributed by atoms with van der Waals surface area (Å²) in [6.07, 6.45) is 0.864. The van der Waals surface area contributed by atoms with Crippen LogP contribution in [0, 0.1) is 13.8 Å². The Hall–Kier alpha value is -0.900. The van der Waals surface area contributed by atoms with Crippen molar-refractivity contribution in [2.24, 2.45) is 5.73 Å². The molecule has 0 aliphatic carbocycles. The quantitative estimate of drug-likeness (QED) is 0.770. The summed E-state index contributed by atoms with van der Waals surface area (Å²) >= 11 is 0. The normalized spacial score (nSPS) is 13.6. The molecule has 0 aliphatic rings. The van der Waals surface area contributed by atoms with Crippen LogP contribution in [0.4, 0.5) is 0 Å². The second-order valence-electron chi connectivity index (χ2n) is 5.76. The summed E-state index contributed by atoms with van der Waals surface area (Å²) in [5, 5.41) is 0. The Labute approximate surface area is 117 Å². The number of hydrogen-bond donors (Lipinski definition) is 1. The summed E-state index contributed by atoms with van der Waals surface area (Å²) in [7, 11) is 1.72. The third kappa shape index (κ3) is 5.31. The minimum Gasteiger partial charge on any atom is -0.379 e. The zero-order chi connectivity index (χ0) is 14.5. The zero-order valence-corrected chi connectivity index (χ0v) is 12.8. The van der Waals surface area contributed by atoms with Gasteiger partial charge in [-0.05, 0) is 45.2 Å². The van der Waals surface area contributed by atoms with Crippen molar-refractivity contribution in [3.05, 3.63) is 34.9 Å². The van der Waals surface area contributed by atoms with Gasteiger partial charge in [0.2, 0.25) is 0 Å². The van der Waals surface area contributed by atoms with Crippen LogP contribution < -0.4 is 5.73 Å². The fraction of sp³-hybridized carbons (Fsp3) is 0.625. The second-order valence-corrected chi connectivity index (χ2v) is 5.76. The van der Waals surface area contributed by atoms with Crippen molar-refractivity contribution in [3.8, 4) is 0 Å². The fourth-order valence-electron chi connectivity index (χ4n) is 1.88. The van der Waals surface area contributed by atoms with E-state index in [9.17, 15) is 0 Å². The highest BCUT2D eigenvalue weighted by atomic mass is 16.5. The van der Waals surface area contributed by atoms with Crippen LogP contribution in [0.25, 0.3) is 0 Å². The van der Waals surface area contributed by atoms with Crippen molar-refractivity contribution in [1.29, 1.82) is 0 Å². The van der Waals surface area contributed by atoms with Gasteiger partial charge in [0.15, 0.2) is 0 Å². The number of benzene rings is 1. The van der Waals surface area contributed by atoms with E-state index in [1.165, 1.54) is 16.7 Å². The number of aryl methyl sites for hydroxylation is 2. The molecule has 1 unspecified atom stereocenters. The molecule has 0 aromatic heterocycles. The van der Waals surface area contributed by atoms with Crippen molar-refractivity contribution in [3.63, 3.8) is 0 Å². The third-order valence-corrected chi connectivity index (χ3v) is 3.53. The molecular weight excluding hydrogens is 238 g/mol. The average Bonchev–Trinajstić information content (AvgIpc) is 2.37. The summed E-state index contributed by atoms with van der Waals surface area (Å²) in [5.41, 5.74) is 9.68. The average molecular weight is 265 g/mol. The van der Waals surface area contributed by atoms with Crippen LogP contribution in [0.1, 0.15) is 43.0 Å². The predicted octanol–water partition coefficient (Wildman–Crippen LogP) is 3.13. The standard InChI is InChI=1S/C16H27NO2/c1-12-6-7-13(2)14(10-12)15(17)11-19-9-8-16(3,4)18-5/h6-7,10,15H,8-9,11,17H2,1-5H3. The first-order valence-corrected chi connectivity index (χ1v) is 6.81. The largest absolute Gasteiger partial charge is 0.379 e. The highest BCUT2D eigenvalue weighted by molar-refractivity contribution is 5.32. The fourth-order valence-corrected chi connectivity index (χ4v) is 1.88. The van der Waals surface area contributed by atoms with Crippen LogP contribution >= 0.6 is 0 Å². The smallest absolute Gasteiger partial charge is 0.0659 e. The third-order valence-electron chi connectivity index (χ3n) is 3.53. The number of hydrogen-bond acceptors (Lipinski definition) is 3. The van der Waals surface area contributed by atoms with Crippen molar-refractivity contribution >= 4 is 0 Å². The van der Waals surface area contributed by atoms with Gasteiger partial charge in [-0.15, -0.1) is 0 Å². The van der Waals surface area contributed by atoms with Crippen LogP contribution in [0.5, 0.6) is 0 Å². The number of methoxy groups -OCH3 is 1. The van der Waals surface area contributed by atoms with Gasteiger partial charge in [0.05, 0.1) is 18.2 Å². The number of ether oxygens (including phenoxy) is 2. The maximum atomic E-state index is 6.19. The van der Waals surface area contributed by atoms with Gasteiger partial charge in [-0.3, -0.25) is 0 Å². The van der Waals surface area contributed by atoms with E-state index in [1.54, 1.807) is 7.11 Å². The lowest BCUT2D eigenvalue weighted by molar-refractivity contribution is -0.0114. The summed E-state index contributed by atoms with van der Waals surface area (Å²) < 4.78 is 11.0. The molecule has 0 fully saturated rings. The van der Waals surface area contributed by atoms with E-state index >= 15 is 0 Å². The maximum absolute atomic E-state index is 6.19. The topological polar surface area (TPSA) is 44.5 Å². The minimum atomic E-state index is -0.136. The summed E-state index contributed by atoms with van der Waals surface area (Å²) in [6, 6.07) is 6.29. The molecule has 2 N–H and O–H groups in total. The molecule has 0 heterocycles. The Kier molecular flexibility index (Phi) is 5.98. The highest BCUT2D eigenvalue weighted by Crippen LogP contribution is 2.18. The molecular formula is C16H27NO2. The zero-order valence-electron chi connectivity index (χ0n) is 12.8. The van der Waals surface area contributed by atoms with Crippen LogP contribution in [0.3, 0.4) is 0 Å². The van der Waals surface area contributed by atoms with Gasteiger partial charge in [0.1, 0.15) is 0 Å². The maximum Gasteiger partial charge on any atom is 0.0659 e. The van der Waals surface area contributed by atoms with E-state index in [-0.39, 0.29) is 11.6 Å². The molecule has 0 amide bonds. The lowest BCUT2D eigenvalue weighted by atomic mass is 10.00. The van der Waals surface area contributed by atoms with Gasteiger partial charge in [-0.1, -0.05) is 23.8 Å². The summed E-state index contributed by atoms with van der Waals surface area (Å²) in [6.45, 7) is 9.49. The van der Waals surface area contributed by atoms with Gasteiger partial charge in [-0.2, -0.15) is 0 Å². The van der Waals surface area contributed by atoms with Gasteiger partial charge >= 0.3 is 0 Å². The molecule has 0 spiro atoms. The highest BCUT2D eigenvalue weighted by Gasteiger charge is 2.16. The van der Waals surface area contributed by atoms with Gasteiger partial charge in [-0.25, -0.2) is 0 Å². The van der Waals surface area contributed by atoms with Crippen molar-refractivity contribution < 1.29 is 9.47 Å². The molecule has 1 aromatic carbocycles. The second kappa shape index (κ2) is 7.04. The Balaban J connectivity index is 2.43. The Morgan fingerprint density at radius 1 is 1.26 bits per heavy atom. The molecule has 19 heavy (non-hydrogen) atoms. The Morgan fingerprint density at radius 2 is 1.95 bits per heavy atom. The number of rotatable bonds is 7. The van der Waals surface area contributed by atoms with Crippen LogP contribution in [0.15, 0.2) is 18.2 Å². The SMILES string of the molecule is COC(C)(C)CCOCC(N)c1cc(C)ccc1C. The first-order valence-electron chi connectivity index (χ1n) is 6.81. The molecule has 3 nitrogen and oxygen atoms in total.